The molecule has 2 amide bonds. The molecule has 9 heteroatoms. The maximum Gasteiger partial charge on any atom is 0.329 e. The topological polar surface area (TPSA) is 134 Å². The number of non-ortho nitro benzene ring substituents is 1. The zero-order valence-electron chi connectivity index (χ0n) is 14.0. The number of nitrogens with one attached hydrogen (secondary N) is 2. The number of rotatable bonds is 4. The lowest BCUT2D eigenvalue weighted by Crippen LogP contribution is -2.32. The van der Waals surface area contributed by atoms with Crippen molar-refractivity contribution in [2.45, 2.75) is 13.8 Å². The van der Waals surface area contributed by atoms with Crippen LogP contribution in [0.5, 0.6) is 5.75 Å². The van der Waals surface area contributed by atoms with Crippen molar-refractivity contribution in [3.05, 3.63) is 63.2 Å². The van der Waals surface area contributed by atoms with Crippen molar-refractivity contribution >= 4 is 29.4 Å². The van der Waals surface area contributed by atoms with E-state index < -0.39 is 16.7 Å². The zero-order valence-corrected chi connectivity index (χ0v) is 14.0. The molecule has 134 valence electrons. The van der Waals surface area contributed by atoms with E-state index in [9.17, 15) is 24.8 Å². The summed E-state index contributed by atoms with van der Waals surface area (Å²) in [6, 6.07) is 8.68. The molecule has 0 spiro atoms. The van der Waals surface area contributed by atoms with Crippen LogP contribution in [0.25, 0.3) is 0 Å². The summed E-state index contributed by atoms with van der Waals surface area (Å²) in [5.74, 6) is -2.20. The molecule has 0 fully saturated rings. The van der Waals surface area contributed by atoms with Gasteiger partial charge in [-0.15, -0.1) is 0 Å². The molecule has 0 saturated carbocycles. The lowest BCUT2D eigenvalue weighted by Gasteiger charge is -2.08. The summed E-state index contributed by atoms with van der Waals surface area (Å²) in [4.78, 5) is 33.7. The van der Waals surface area contributed by atoms with E-state index in [-0.39, 0.29) is 17.0 Å². The van der Waals surface area contributed by atoms with E-state index in [1.807, 2.05) is 18.4 Å². The largest absolute Gasteiger partial charge is 0.507 e. The van der Waals surface area contributed by atoms with Crippen molar-refractivity contribution < 1.29 is 19.6 Å². The highest BCUT2D eigenvalue weighted by Gasteiger charge is 2.14. The Morgan fingerprint density at radius 3 is 2.54 bits per heavy atom. The molecule has 0 heterocycles. The van der Waals surface area contributed by atoms with Gasteiger partial charge >= 0.3 is 11.8 Å². The van der Waals surface area contributed by atoms with Gasteiger partial charge in [0.2, 0.25) is 0 Å². The highest BCUT2D eigenvalue weighted by atomic mass is 16.6. The quantitative estimate of drug-likeness (QED) is 0.333. The predicted molar refractivity (Wildman–Crippen MR) is 95.0 cm³/mol. The fourth-order valence-electron chi connectivity index (χ4n) is 2.10. The minimum absolute atomic E-state index is 0.0225. The third-order valence-electron chi connectivity index (χ3n) is 3.43. The van der Waals surface area contributed by atoms with Crippen LogP contribution in [0.2, 0.25) is 0 Å². The van der Waals surface area contributed by atoms with Crippen LogP contribution in [0.3, 0.4) is 0 Å². The fourth-order valence-corrected chi connectivity index (χ4v) is 2.10. The molecule has 0 aromatic heterocycles. The number of hydrazone groups is 1. The first kappa shape index (κ1) is 18.6. The first-order valence-electron chi connectivity index (χ1n) is 7.47. The second-order valence-electron chi connectivity index (χ2n) is 5.47. The van der Waals surface area contributed by atoms with Gasteiger partial charge in [-0.1, -0.05) is 17.7 Å². The van der Waals surface area contributed by atoms with E-state index in [0.29, 0.717) is 5.69 Å². The summed E-state index contributed by atoms with van der Waals surface area (Å²) in [6.45, 7) is 3.70. The van der Waals surface area contributed by atoms with Gasteiger partial charge in [-0.05, 0) is 31.5 Å². The van der Waals surface area contributed by atoms with Gasteiger partial charge in [0, 0.05) is 23.4 Å². The normalized spacial score (nSPS) is 10.5. The van der Waals surface area contributed by atoms with Gasteiger partial charge in [0.25, 0.3) is 5.69 Å². The lowest BCUT2D eigenvalue weighted by atomic mass is 10.1. The molecule has 0 atom stereocenters. The number of aromatic hydroxyl groups is 1. The summed E-state index contributed by atoms with van der Waals surface area (Å²) in [7, 11) is 0. The van der Waals surface area contributed by atoms with Crippen LogP contribution in [0.4, 0.5) is 11.4 Å². The molecule has 2 rings (SSSR count). The van der Waals surface area contributed by atoms with E-state index in [2.05, 4.69) is 10.4 Å². The number of carbonyl (C=O) groups is 2. The molecule has 0 aliphatic carbocycles. The first-order valence-corrected chi connectivity index (χ1v) is 7.47. The van der Waals surface area contributed by atoms with E-state index in [1.165, 1.54) is 0 Å². The minimum atomic E-state index is -1.02. The predicted octanol–water partition coefficient (Wildman–Crippen LogP) is 2.01. The number of hydrogen-bond donors (Lipinski definition) is 3. The molecular formula is C17H16N4O5. The molecule has 0 aliphatic heterocycles. The molecule has 2 aromatic rings. The minimum Gasteiger partial charge on any atom is -0.507 e. The number of hydrogen-bond acceptors (Lipinski definition) is 6. The van der Waals surface area contributed by atoms with Crippen LogP contribution in [0.15, 0.2) is 41.5 Å². The monoisotopic (exact) mass is 356 g/mol. The Morgan fingerprint density at radius 2 is 1.88 bits per heavy atom. The number of amides is 2. The van der Waals surface area contributed by atoms with Gasteiger partial charge in [0.15, 0.2) is 0 Å². The van der Waals surface area contributed by atoms with Crippen LogP contribution < -0.4 is 10.7 Å². The smallest absolute Gasteiger partial charge is 0.329 e. The molecule has 26 heavy (non-hydrogen) atoms. The summed E-state index contributed by atoms with van der Waals surface area (Å²) in [5.41, 5.74) is 4.09. The highest BCUT2D eigenvalue weighted by Crippen LogP contribution is 2.21. The molecule has 2 aromatic carbocycles. The molecule has 0 unspecified atom stereocenters. The number of benzene rings is 2. The van der Waals surface area contributed by atoms with Crippen molar-refractivity contribution in [1.82, 2.24) is 5.43 Å². The molecule has 0 saturated heterocycles. The first-order chi connectivity index (χ1) is 12.3. The Hall–Kier alpha value is -3.75. The number of nitro benzene ring substituents is 1. The Balaban J connectivity index is 2.01. The van der Waals surface area contributed by atoms with Crippen LogP contribution in [-0.2, 0) is 9.59 Å². The Labute approximate surface area is 148 Å². The number of phenolic OH excluding ortho intramolecular Hbond substituents is 1. The summed E-state index contributed by atoms with van der Waals surface area (Å²) in [6.07, 6.45) is 1.00. The number of nitrogens with zero attached hydrogens (tertiary/aromatic N) is 2. The average Bonchev–Trinajstić information content (AvgIpc) is 2.58. The second kappa shape index (κ2) is 7.88. The number of aryl methyl sites for hydroxylation is 2. The van der Waals surface area contributed by atoms with Crippen LogP contribution >= 0.6 is 0 Å². The lowest BCUT2D eigenvalue weighted by molar-refractivity contribution is -0.384. The van der Waals surface area contributed by atoms with E-state index in [0.717, 1.165) is 35.5 Å². The number of anilines is 1. The molecule has 9 nitrogen and oxygen atoms in total. The maximum absolute atomic E-state index is 11.9. The maximum atomic E-state index is 11.9. The van der Waals surface area contributed by atoms with Crippen LogP contribution in [0, 0.1) is 24.0 Å². The third kappa shape index (κ3) is 4.63. The number of nitro groups is 1. The standard InChI is InChI=1S/C17H16N4O5/c1-10-3-5-14(11(2)7-10)19-16(23)17(24)20-18-9-12-8-13(21(25)26)4-6-15(12)22/h3-9,22H,1-2H3,(H,19,23)(H,20,24). The van der Waals surface area contributed by atoms with Gasteiger partial charge in [0.05, 0.1) is 11.1 Å². The van der Waals surface area contributed by atoms with E-state index in [1.54, 1.807) is 19.1 Å². The Bertz CT molecular complexity index is 908. The van der Waals surface area contributed by atoms with E-state index >= 15 is 0 Å². The highest BCUT2D eigenvalue weighted by molar-refractivity contribution is 6.39. The number of carbonyl (C=O) groups excluding carboxylic acids is 2. The van der Waals surface area contributed by atoms with E-state index in [4.69, 9.17) is 0 Å². The average molecular weight is 356 g/mol. The van der Waals surface area contributed by atoms with Gasteiger partial charge in [-0.3, -0.25) is 19.7 Å². The Morgan fingerprint density at radius 1 is 1.15 bits per heavy atom. The fraction of sp³-hybridized carbons (Fsp3) is 0.118. The van der Waals surface area contributed by atoms with Gasteiger partial charge in [-0.25, -0.2) is 5.43 Å². The molecule has 0 radical (unpaired) electrons. The summed E-state index contributed by atoms with van der Waals surface area (Å²) < 4.78 is 0. The van der Waals surface area contributed by atoms with Crippen LogP contribution in [-0.4, -0.2) is 28.1 Å². The molecule has 3 N–H and O–H groups in total. The molecule has 0 bridgehead atoms. The number of phenols is 1. The van der Waals surface area contributed by atoms with Gasteiger partial charge in [0.1, 0.15) is 5.75 Å². The van der Waals surface area contributed by atoms with Gasteiger partial charge < -0.3 is 10.4 Å². The third-order valence-corrected chi connectivity index (χ3v) is 3.43. The van der Waals surface area contributed by atoms with Gasteiger partial charge in [-0.2, -0.15) is 5.10 Å². The van der Waals surface area contributed by atoms with Crippen molar-refractivity contribution in [2.24, 2.45) is 5.10 Å². The second-order valence-corrected chi connectivity index (χ2v) is 5.47. The zero-order chi connectivity index (χ0) is 19.3. The van der Waals surface area contributed by atoms with Crippen molar-refractivity contribution in [2.75, 3.05) is 5.32 Å². The summed E-state index contributed by atoms with van der Waals surface area (Å²) in [5, 5.41) is 26.3. The van der Waals surface area contributed by atoms with Crippen molar-refractivity contribution in [3.8, 4) is 5.75 Å². The molecular weight excluding hydrogens is 340 g/mol. The van der Waals surface area contributed by atoms with Crippen molar-refractivity contribution in [3.63, 3.8) is 0 Å². The Kier molecular flexibility index (Phi) is 5.63. The SMILES string of the molecule is Cc1ccc(NC(=O)C(=O)NN=Cc2cc([N+](=O)[O-])ccc2O)c(C)c1. The molecule has 0 aliphatic rings. The van der Waals surface area contributed by atoms with Crippen LogP contribution in [0.1, 0.15) is 16.7 Å². The summed E-state index contributed by atoms with van der Waals surface area (Å²) >= 11 is 0. The van der Waals surface area contributed by atoms with Crippen molar-refractivity contribution in [1.29, 1.82) is 0 Å².